The van der Waals surface area contributed by atoms with Crippen LogP contribution in [-0.2, 0) is 0 Å². The molecule has 1 fully saturated rings. The minimum absolute atomic E-state index is 0.147. The first-order valence-corrected chi connectivity index (χ1v) is 11.0. The fourth-order valence-corrected chi connectivity index (χ4v) is 4.40. The number of ether oxygens (including phenoxy) is 1. The molecule has 9 heteroatoms. The quantitative estimate of drug-likeness (QED) is 0.533. The van der Waals surface area contributed by atoms with Gasteiger partial charge in [0, 0.05) is 11.1 Å². The van der Waals surface area contributed by atoms with Gasteiger partial charge in [0.2, 0.25) is 5.88 Å². The average Bonchev–Trinajstić information content (AvgIpc) is 2.78. The van der Waals surface area contributed by atoms with Crippen LogP contribution in [0.1, 0.15) is 60.7 Å². The van der Waals surface area contributed by atoms with Crippen LogP contribution in [-0.4, -0.2) is 47.1 Å². The number of methoxy groups -OCH3 is 1. The zero-order valence-corrected chi connectivity index (χ0v) is 19.2. The Labute approximate surface area is 191 Å². The number of likely N-dealkylation sites (tertiary alicyclic amines) is 1. The fraction of sp³-hybridized carbons (Fsp3) is 0.458. The molecule has 6 nitrogen and oxygen atoms in total. The molecule has 176 valence electrons. The first-order valence-electron chi connectivity index (χ1n) is 11.0. The lowest BCUT2D eigenvalue weighted by atomic mass is 9.89. The lowest BCUT2D eigenvalue weighted by Gasteiger charge is -2.29. The normalized spacial score (nSPS) is 16.4. The monoisotopic (exact) mass is 459 g/mol. The predicted octanol–water partition coefficient (Wildman–Crippen LogP) is 5.40. The Morgan fingerprint density at radius 3 is 2.48 bits per heavy atom. The van der Waals surface area contributed by atoms with Gasteiger partial charge in [0.25, 0.3) is 6.43 Å². The van der Waals surface area contributed by atoms with Crippen LogP contribution in [0.15, 0.2) is 24.3 Å². The summed E-state index contributed by atoms with van der Waals surface area (Å²) >= 11 is 0. The van der Waals surface area contributed by atoms with Gasteiger partial charge in [0.05, 0.1) is 24.1 Å². The highest BCUT2D eigenvalue weighted by atomic mass is 19.3. The van der Waals surface area contributed by atoms with E-state index in [0.29, 0.717) is 34.5 Å². The number of rotatable bonds is 6. The number of fused-ring (bicyclic) bond motifs is 1. The van der Waals surface area contributed by atoms with Gasteiger partial charge >= 0.3 is 0 Å². The first kappa shape index (κ1) is 23.2. The van der Waals surface area contributed by atoms with Gasteiger partial charge in [-0.15, -0.1) is 0 Å². The van der Waals surface area contributed by atoms with E-state index >= 15 is 0 Å². The highest BCUT2D eigenvalue weighted by Crippen LogP contribution is 2.37. The van der Waals surface area contributed by atoms with E-state index in [1.54, 1.807) is 21.0 Å². The van der Waals surface area contributed by atoms with Crippen molar-refractivity contribution in [1.82, 2.24) is 19.9 Å². The van der Waals surface area contributed by atoms with Crippen LogP contribution >= 0.6 is 0 Å². The molecule has 0 saturated carbocycles. The SMILES string of the molecule is COc1nc2nc(C)nc(N[C@H](C)c3cccc(C(F)F)c3F)c2cc1C1CCN(C)CC1. The second-order valence-electron chi connectivity index (χ2n) is 8.57. The molecule has 4 rings (SSSR count). The van der Waals surface area contributed by atoms with E-state index < -0.39 is 23.8 Å². The van der Waals surface area contributed by atoms with Crippen LogP contribution in [0.2, 0.25) is 0 Å². The zero-order valence-electron chi connectivity index (χ0n) is 19.2. The van der Waals surface area contributed by atoms with E-state index in [1.807, 2.05) is 6.07 Å². The Morgan fingerprint density at radius 1 is 1.12 bits per heavy atom. The molecule has 1 N–H and O–H groups in total. The topological polar surface area (TPSA) is 63.2 Å². The number of anilines is 1. The third-order valence-electron chi connectivity index (χ3n) is 6.26. The van der Waals surface area contributed by atoms with Crippen molar-refractivity contribution in [3.63, 3.8) is 0 Å². The molecule has 3 heterocycles. The number of alkyl halides is 2. The van der Waals surface area contributed by atoms with E-state index in [4.69, 9.17) is 4.74 Å². The Balaban J connectivity index is 1.74. The van der Waals surface area contributed by atoms with Crippen LogP contribution in [0, 0.1) is 12.7 Å². The second kappa shape index (κ2) is 9.51. The van der Waals surface area contributed by atoms with Gasteiger partial charge in [-0.05, 0) is 58.8 Å². The molecule has 3 aromatic rings. The maximum Gasteiger partial charge on any atom is 0.266 e. The number of aryl methyl sites for hydroxylation is 1. The van der Waals surface area contributed by atoms with Gasteiger partial charge in [0.1, 0.15) is 17.5 Å². The molecule has 0 aliphatic carbocycles. The van der Waals surface area contributed by atoms with Crippen LogP contribution in [0.25, 0.3) is 11.0 Å². The summed E-state index contributed by atoms with van der Waals surface area (Å²) in [6.07, 6.45) is -0.914. The molecule has 0 spiro atoms. The largest absolute Gasteiger partial charge is 0.481 e. The molecular formula is C24H28F3N5O. The number of nitrogens with one attached hydrogen (secondary N) is 1. The number of aromatic nitrogens is 3. The first-order chi connectivity index (χ1) is 15.8. The Hall–Kier alpha value is -2.94. The summed E-state index contributed by atoms with van der Waals surface area (Å²) in [5.41, 5.74) is 0.995. The molecule has 1 atom stereocenters. The van der Waals surface area contributed by atoms with Crippen molar-refractivity contribution in [3.05, 3.63) is 52.6 Å². The van der Waals surface area contributed by atoms with Gasteiger partial charge in [-0.1, -0.05) is 18.2 Å². The number of pyridine rings is 1. The number of nitrogens with zero attached hydrogens (tertiary/aromatic N) is 4. The van der Waals surface area contributed by atoms with Gasteiger partial charge < -0.3 is 15.0 Å². The highest BCUT2D eigenvalue weighted by molar-refractivity contribution is 5.88. The maximum atomic E-state index is 14.7. The summed E-state index contributed by atoms with van der Waals surface area (Å²) in [5.74, 6) is 0.899. The van der Waals surface area contributed by atoms with Crippen LogP contribution < -0.4 is 10.1 Å². The van der Waals surface area contributed by atoms with Crippen molar-refractivity contribution < 1.29 is 17.9 Å². The number of hydrogen-bond acceptors (Lipinski definition) is 6. The van der Waals surface area contributed by atoms with Crippen LogP contribution in [0.5, 0.6) is 5.88 Å². The zero-order chi connectivity index (χ0) is 23.7. The van der Waals surface area contributed by atoms with Crippen molar-refractivity contribution in [1.29, 1.82) is 0 Å². The maximum absolute atomic E-state index is 14.7. The standard InChI is InChI=1S/C24H28F3N5O/c1-13(16-6-5-7-17(20(16)25)21(26)27)28-22-19-12-18(15-8-10-32(3)11-9-15)24(33-4)31-23(19)30-14(2)29-22/h5-7,12-13,15,21H,8-11H2,1-4H3,(H,28,29,30,31)/t13-/m1/s1. The molecule has 33 heavy (non-hydrogen) atoms. The number of benzene rings is 1. The Bertz CT molecular complexity index is 1150. The van der Waals surface area contributed by atoms with Crippen molar-refractivity contribution in [2.45, 2.75) is 45.1 Å². The molecule has 1 aromatic carbocycles. The average molecular weight is 460 g/mol. The molecule has 0 radical (unpaired) electrons. The minimum Gasteiger partial charge on any atom is -0.481 e. The summed E-state index contributed by atoms with van der Waals surface area (Å²) in [5, 5.41) is 3.89. The second-order valence-corrected chi connectivity index (χ2v) is 8.57. The molecule has 0 amide bonds. The van der Waals surface area contributed by atoms with Gasteiger partial charge in [0.15, 0.2) is 5.65 Å². The van der Waals surface area contributed by atoms with E-state index in [2.05, 4.69) is 32.2 Å². The smallest absolute Gasteiger partial charge is 0.266 e. The number of piperidine rings is 1. The van der Waals surface area contributed by atoms with Crippen molar-refractivity contribution in [3.8, 4) is 5.88 Å². The molecule has 0 unspecified atom stereocenters. The summed E-state index contributed by atoms with van der Waals surface area (Å²) in [6, 6.07) is 5.43. The predicted molar refractivity (Wildman–Crippen MR) is 121 cm³/mol. The molecule has 2 aromatic heterocycles. The summed E-state index contributed by atoms with van der Waals surface area (Å²) < 4.78 is 46.7. The minimum atomic E-state index is -2.88. The van der Waals surface area contributed by atoms with Crippen molar-refractivity contribution >= 4 is 16.9 Å². The molecule has 1 saturated heterocycles. The molecular weight excluding hydrogens is 431 g/mol. The van der Waals surface area contributed by atoms with Crippen LogP contribution in [0.4, 0.5) is 19.0 Å². The van der Waals surface area contributed by atoms with E-state index in [1.165, 1.54) is 12.1 Å². The summed E-state index contributed by atoms with van der Waals surface area (Å²) in [6.45, 7) is 5.43. The lowest BCUT2D eigenvalue weighted by Crippen LogP contribution is -2.29. The van der Waals surface area contributed by atoms with E-state index in [9.17, 15) is 13.2 Å². The Kier molecular flexibility index (Phi) is 6.69. The number of halogens is 3. The van der Waals surface area contributed by atoms with E-state index in [-0.39, 0.29) is 5.56 Å². The van der Waals surface area contributed by atoms with Crippen molar-refractivity contribution in [2.75, 3.05) is 32.6 Å². The number of hydrogen-bond donors (Lipinski definition) is 1. The third-order valence-corrected chi connectivity index (χ3v) is 6.26. The van der Waals surface area contributed by atoms with E-state index in [0.717, 1.165) is 37.6 Å². The third kappa shape index (κ3) is 4.73. The fourth-order valence-electron chi connectivity index (χ4n) is 4.40. The molecule has 1 aliphatic heterocycles. The van der Waals surface area contributed by atoms with Gasteiger partial charge in [-0.25, -0.2) is 23.1 Å². The van der Waals surface area contributed by atoms with Gasteiger partial charge in [-0.2, -0.15) is 4.98 Å². The highest BCUT2D eigenvalue weighted by Gasteiger charge is 2.25. The van der Waals surface area contributed by atoms with Gasteiger partial charge in [-0.3, -0.25) is 0 Å². The Morgan fingerprint density at radius 2 is 1.82 bits per heavy atom. The summed E-state index contributed by atoms with van der Waals surface area (Å²) in [4.78, 5) is 15.9. The molecule has 1 aliphatic rings. The van der Waals surface area contributed by atoms with Crippen LogP contribution in [0.3, 0.4) is 0 Å². The molecule has 0 bridgehead atoms. The summed E-state index contributed by atoms with van der Waals surface area (Å²) in [7, 11) is 3.70. The van der Waals surface area contributed by atoms with Crippen molar-refractivity contribution in [2.24, 2.45) is 0 Å². The lowest BCUT2D eigenvalue weighted by molar-refractivity contribution is 0.146.